The van der Waals surface area contributed by atoms with Gasteiger partial charge >= 0.3 is 0 Å². The molecular formula is C16H19Cl2NO. The van der Waals surface area contributed by atoms with E-state index in [9.17, 15) is 0 Å². The molecule has 0 saturated carbocycles. The third-order valence-electron chi connectivity index (χ3n) is 2.28. The van der Waals surface area contributed by atoms with Crippen molar-refractivity contribution in [3.63, 3.8) is 0 Å². The number of hydrogen-bond acceptors (Lipinski definition) is 2. The number of ether oxygens (including phenoxy) is 1. The van der Waals surface area contributed by atoms with E-state index in [4.69, 9.17) is 27.9 Å². The average molecular weight is 312 g/mol. The van der Waals surface area contributed by atoms with Gasteiger partial charge in [0, 0.05) is 10.6 Å². The van der Waals surface area contributed by atoms with Crippen LogP contribution in [0.2, 0.25) is 10.2 Å². The molecule has 0 spiro atoms. The van der Waals surface area contributed by atoms with Crippen LogP contribution >= 0.6 is 23.2 Å². The summed E-state index contributed by atoms with van der Waals surface area (Å²) in [4.78, 5) is 4.24. The first-order valence-corrected chi connectivity index (χ1v) is 7.40. The van der Waals surface area contributed by atoms with Crippen molar-refractivity contribution < 1.29 is 4.74 Å². The SMILES string of the molecule is CC.CC(C)Oc1ccc(-c2cc(Cl)cc(Cl)n2)cc1. The lowest BCUT2D eigenvalue weighted by atomic mass is 10.1. The monoisotopic (exact) mass is 311 g/mol. The molecule has 0 aliphatic heterocycles. The highest BCUT2D eigenvalue weighted by Crippen LogP contribution is 2.25. The van der Waals surface area contributed by atoms with Crippen LogP contribution in [0.4, 0.5) is 0 Å². The molecule has 0 unspecified atom stereocenters. The Kier molecular flexibility index (Phi) is 6.83. The van der Waals surface area contributed by atoms with Crippen molar-refractivity contribution >= 4 is 23.2 Å². The number of rotatable bonds is 3. The molecule has 2 rings (SSSR count). The van der Waals surface area contributed by atoms with E-state index in [1.165, 1.54) is 0 Å². The summed E-state index contributed by atoms with van der Waals surface area (Å²) in [7, 11) is 0. The van der Waals surface area contributed by atoms with Gasteiger partial charge in [-0.2, -0.15) is 0 Å². The lowest BCUT2D eigenvalue weighted by Gasteiger charge is -2.10. The number of aromatic nitrogens is 1. The van der Waals surface area contributed by atoms with Crippen LogP contribution in [0.3, 0.4) is 0 Å². The van der Waals surface area contributed by atoms with E-state index in [1.54, 1.807) is 12.1 Å². The van der Waals surface area contributed by atoms with Crippen LogP contribution in [0.15, 0.2) is 36.4 Å². The van der Waals surface area contributed by atoms with E-state index in [0.29, 0.717) is 10.2 Å². The van der Waals surface area contributed by atoms with Crippen LogP contribution in [0.1, 0.15) is 27.7 Å². The van der Waals surface area contributed by atoms with Crippen LogP contribution in [-0.2, 0) is 0 Å². The molecule has 20 heavy (non-hydrogen) atoms. The van der Waals surface area contributed by atoms with Crippen molar-refractivity contribution in [2.24, 2.45) is 0 Å². The van der Waals surface area contributed by atoms with Crippen LogP contribution in [0.25, 0.3) is 11.3 Å². The number of hydrogen-bond donors (Lipinski definition) is 0. The lowest BCUT2D eigenvalue weighted by Crippen LogP contribution is -2.05. The minimum atomic E-state index is 0.162. The topological polar surface area (TPSA) is 22.1 Å². The molecule has 0 atom stereocenters. The minimum absolute atomic E-state index is 0.162. The molecule has 2 nitrogen and oxygen atoms in total. The van der Waals surface area contributed by atoms with E-state index >= 15 is 0 Å². The molecule has 0 N–H and O–H groups in total. The molecule has 1 aromatic carbocycles. The van der Waals surface area contributed by atoms with Gasteiger partial charge in [-0.25, -0.2) is 4.98 Å². The Bertz CT molecular complexity index is 518. The summed E-state index contributed by atoms with van der Waals surface area (Å²) in [6, 6.07) is 11.1. The van der Waals surface area contributed by atoms with Crippen molar-refractivity contribution in [2.45, 2.75) is 33.8 Å². The number of halogens is 2. The van der Waals surface area contributed by atoms with Gasteiger partial charge in [-0.05, 0) is 50.2 Å². The Morgan fingerprint density at radius 1 is 1.00 bits per heavy atom. The molecule has 0 aliphatic rings. The van der Waals surface area contributed by atoms with Crippen molar-refractivity contribution in [1.29, 1.82) is 0 Å². The van der Waals surface area contributed by atoms with Crippen LogP contribution in [-0.4, -0.2) is 11.1 Å². The summed E-state index contributed by atoms with van der Waals surface area (Å²) in [5.74, 6) is 0.835. The number of pyridine rings is 1. The molecule has 108 valence electrons. The van der Waals surface area contributed by atoms with Gasteiger partial charge in [-0.3, -0.25) is 0 Å². The maximum absolute atomic E-state index is 5.95. The van der Waals surface area contributed by atoms with Gasteiger partial charge in [-0.15, -0.1) is 0 Å². The summed E-state index contributed by atoms with van der Waals surface area (Å²) in [5, 5.41) is 0.965. The highest BCUT2D eigenvalue weighted by molar-refractivity contribution is 6.34. The molecule has 0 aliphatic carbocycles. The van der Waals surface area contributed by atoms with E-state index in [0.717, 1.165) is 17.0 Å². The van der Waals surface area contributed by atoms with Crippen molar-refractivity contribution in [3.05, 3.63) is 46.6 Å². The summed E-state index contributed by atoms with van der Waals surface area (Å²) in [6.45, 7) is 7.98. The Hall–Kier alpha value is -1.25. The highest BCUT2D eigenvalue weighted by Gasteiger charge is 2.04. The summed E-state index contributed by atoms with van der Waals surface area (Å²) >= 11 is 11.8. The maximum Gasteiger partial charge on any atom is 0.131 e. The van der Waals surface area contributed by atoms with Gasteiger partial charge < -0.3 is 4.74 Å². The van der Waals surface area contributed by atoms with Gasteiger partial charge in [0.05, 0.1) is 11.8 Å². The Balaban J connectivity index is 0.000000956. The van der Waals surface area contributed by atoms with Crippen molar-refractivity contribution in [2.75, 3.05) is 0 Å². The quantitative estimate of drug-likeness (QED) is 0.661. The Morgan fingerprint density at radius 3 is 2.10 bits per heavy atom. The van der Waals surface area contributed by atoms with Crippen molar-refractivity contribution in [3.8, 4) is 17.0 Å². The summed E-state index contributed by atoms with van der Waals surface area (Å²) in [6.07, 6.45) is 0.162. The second-order valence-corrected chi connectivity index (χ2v) is 5.01. The molecule has 1 heterocycles. The first-order chi connectivity index (χ1) is 9.54. The number of nitrogens with zero attached hydrogens (tertiary/aromatic N) is 1. The first-order valence-electron chi connectivity index (χ1n) is 6.65. The lowest BCUT2D eigenvalue weighted by molar-refractivity contribution is 0.242. The summed E-state index contributed by atoms with van der Waals surface area (Å²) < 4.78 is 5.58. The van der Waals surface area contributed by atoms with Gasteiger partial charge in [-0.1, -0.05) is 37.0 Å². The van der Waals surface area contributed by atoms with Gasteiger partial charge in [0.15, 0.2) is 0 Å². The smallest absolute Gasteiger partial charge is 0.131 e. The van der Waals surface area contributed by atoms with E-state index in [2.05, 4.69) is 4.98 Å². The normalized spacial score (nSPS) is 9.95. The minimum Gasteiger partial charge on any atom is -0.491 e. The zero-order chi connectivity index (χ0) is 15.1. The van der Waals surface area contributed by atoms with E-state index in [1.807, 2.05) is 52.0 Å². The predicted octanol–water partition coefficient (Wildman–Crippen LogP) is 5.87. The molecule has 4 heteroatoms. The molecule has 0 fully saturated rings. The maximum atomic E-state index is 5.95. The highest BCUT2D eigenvalue weighted by atomic mass is 35.5. The second kappa shape index (κ2) is 8.13. The standard InChI is InChI=1S/C14H13Cl2NO.C2H6/c1-9(2)18-12-5-3-10(4-6-12)13-7-11(15)8-14(16)17-13;1-2/h3-9H,1-2H3;1-2H3. The van der Waals surface area contributed by atoms with Gasteiger partial charge in [0.1, 0.15) is 10.9 Å². The first kappa shape index (κ1) is 16.8. The Labute approximate surface area is 130 Å². The predicted molar refractivity (Wildman–Crippen MR) is 86.8 cm³/mol. The molecular weight excluding hydrogens is 293 g/mol. The number of benzene rings is 1. The molecule has 2 aromatic rings. The Morgan fingerprint density at radius 2 is 1.60 bits per heavy atom. The average Bonchev–Trinajstić information content (AvgIpc) is 2.40. The molecule has 0 bridgehead atoms. The van der Waals surface area contributed by atoms with E-state index in [-0.39, 0.29) is 6.10 Å². The molecule has 0 saturated heterocycles. The fourth-order valence-electron chi connectivity index (χ4n) is 1.59. The molecule has 0 radical (unpaired) electrons. The zero-order valence-corrected chi connectivity index (χ0v) is 13.7. The molecule has 0 amide bonds. The van der Waals surface area contributed by atoms with E-state index < -0.39 is 0 Å². The van der Waals surface area contributed by atoms with Crippen LogP contribution < -0.4 is 4.74 Å². The zero-order valence-electron chi connectivity index (χ0n) is 12.2. The van der Waals surface area contributed by atoms with Crippen LogP contribution in [0.5, 0.6) is 5.75 Å². The van der Waals surface area contributed by atoms with Crippen LogP contribution in [0, 0.1) is 0 Å². The second-order valence-electron chi connectivity index (χ2n) is 4.18. The largest absolute Gasteiger partial charge is 0.491 e. The fourth-order valence-corrected chi connectivity index (χ4v) is 2.06. The summed E-state index contributed by atoms with van der Waals surface area (Å²) in [5.41, 5.74) is 1.71. The fraction of sp³-hybridized carbons (Fsp3) is 0.312. The van der Waals surface area contributed by atoms with Gasteiger partial charge in [0.25, 0.3) is 0 Å². The third kappa shape index (κ3) is 5.03. The molecule has 1 aromatic heterocycles. The van der Waals surface area contributed by atoms with Gasteiger partial charge in [0.2, 0.25) is 0 Å². The third-order valence-corrected chi connectivity index (χ3v) is 2.69. The van der Waals surface area contributed by atoms with Crippen molar-refractivity contribution in [1.82, 2.24) is 4.98 Å².